The summed E-state index contributed by atoms with van der Waals surface area (Å²) in [5.74, 6) is -0.717. The number of methoxy groups -OCH3 is 1. The van der Waals surface area contributed by atoms with Gasteiger partial charge in [-0.05, 0) is 12.8 Å². The Labute approximate surface area is 143 Å². The summed E-state index contributed by atoms with van der Waals surface area (Å²) in [6.07, 6.45) is 7.14. The minimum Gasteiger partial charge on any atom is -0.383 e. The third kappa shape index (κ3) is 5.47. The third-order valence-corrected chi connectivity index (χ3v) is 4.85. The van der Waals surface area contributed by atoms with Gasteiger partial charge in [-0.15, -0.1) is 0 Å². The molecule has 24 heavy (non-hydrogen) atoms. The van der Waals surface area contributed by atoms with Gasteiger partial charge in [0.1, 0.15) is 0 Å². The summed E-state index contributed by atoms with van der Waals surface area (Å²) in [5.41, 5.74) is 0. The largest absolute Gasteiger partial charge is 0.383 e. The lowest BCUT2D eigenvalue weighted by Gasteiger charge is -2.27. The van der Waals surface area contributed by atoms with Crippen LogP contribution in [0, 0.1) is 5.92 Å². The topological polar surface area (TPSA) is 87.7 Å². The highest BCUT2D eigenvalue weighted by molar-refractivity contribution is 5.91. The highest BCUT2D eigenvalue weighted by Gasteiger charge is 2.37. The molecule has 1 saturated heterocycles. The van der Waals surface area contributed by atoms with Gasteiger partial charge in [0, 0.05) is 32.7 Å². The maximum absolute atomic E-state index is 12.3. The van der Waals surface area contributed by atoms with Crippen molar-refractivity contribution in [3.63, 3.8) is 0 Å². The molecule has 0 spiro atoms. The summed E-state index contributed by atoms with van der Waals surface area (Å²) < 4.78 is 4.84. The molecule has 2 rings (SSSR count). The van der Waals surface area contributed by atoms with Crippen molar-refractivity contribution in [2.75, 3.05) is 33.4 Å². The number of carbonyl (C=O) groups excluding carboxylic acids is 3. The van der Waals surface area contributed by atoms with Gasteiger partial charge in [-0.25, -0.2) is 0 Å². The minimum atomic E-state index is -0.340. The molecule has 0 radical (unpaired) electrons. The molecule has 2 N–H and O–H groups in total. The smallest absolute Gasteiger partial charge is 0.239 e. The van der Waals surface area contributed by atoms with Crippen molar-refractivity contribution in [1.82, 2.24) is 15.5 Å². The van der Waals surface area contributed by atoms with Crippen LogP contribution in [0.1, 0.15) is 44.9 Å². The maximum Gasteiger partial charge on any atom is 0.239 e. The van der Waals surface area contributed by atoms with Crippen LogP contribution in [-0.2, 0) is 19.1 Å². The number of rotatable bonds is 7. The van der Waals surface area contributed by atoms with Gasteiger partial charge in [-0.2, -0.15) is 0 Å². The lowest BCUT2D eigenvalue weighted by Crippen LogP contribution is -2.41. The summed E-state index contributed by atoms with van der Waals surface area (Å²) in [7, 11) is 1.56. The van der Waals surface area contributed by atoms with Crippen molar-refractivity contribution in [3.05, 3.63) is 0 Å². The zero-order valence-corrected chi connectivity index (χ0v) is 14.5. The van der Waals surface area contributed by atoms with Crippen LogP contribution in [0.25, 0.3) is 0 Å². The first kappa shape index (κ1) is 18.7. The van der Waals surface area contributed by atoms with Gasteiger partial charge in [-0.1, -0.05) is 25.7 Å². The van der Waals surface area contributed by atoms with Crippen LogP contribution in [0.3, 0.4) is 0 Å². The Morgan fingerprint density at radius 2 is 1.88 bits per heavy atom. The van der Waals surface area contributed by atoms with Gasteiger partial charge in [0.15, 0.2) is 0 Å². The van der Waals surface area contributed by atoms with E-state index in [1.807, 2.05) is 4.90 Å². The second kappa shape index (κ2) is 9.61. The Hall–Kier alpha value is -1.63. The van der Waals surface area contributed by atoms with E-state index in [0.717, 1.165) is 25.7 Å². The molecule has 1 heterocycles. The molecule has 7 nitrogen and oxygen atoms in total. The van der Waals surface area contributed by atoms with Crippen LogP contribution >= 0.6 is 0 Å². The molecule has 0 aromatic heterocycles. The second-order valence-corrected chi connectivity index (χ2v) is 6.65. The zero-order chi connectivity index (χ0) is 17.4. The van der Waals surface area contributed by atoms with Crippen LogP contribution in [0.5, 0.6) is 0 Å². The van der Waals surface area contributed by atoms with Crippen molar-refractivity contribution in [2.24, 2.45) is 5.92 Å². The Kier molecular flexibility index (Phi) is 7.49. The molecule has 1 aliphatic carbocycles. The monoisotopic (exact) mass is 339 g/mol. The van der Waals surface area contributed by atoms with Crippen molar-refractivity contribution in [2.45, 2.75) is 51.0 Å². The van der Waals surface area contributed by atoms with Gasteiger partial charge in [0.2, 0.25) is 17.7 Å². The van der Waals surface area contributed by atoms with Gasteiger partial charge in [0.05, 0.1) is 19.1 Å². The van der Waals surface area contributed by atoms with Crippen LogP contribution in [0.4, 0.5) is 0 Å². The van der Waals surface area contributed by atoms with Crippen LogP contribution in [-0.4, -0.2) is 62.0 Å². The first-order valence-electron chi connectivity index (χ1n) is 8.94. The molecule has 0 aromatic rings. The van der Waals surface area contributed by atoms with Crippen LogP contribution < -0.4 is 10.6 Å². The van der Waals surface area contributed by atoms with E-state index in [1.165, 1.54) is 12.8 Å². The van der Waals surface area contributed by atoms with Crippen LogP contribution in [0.2, 0.25) is 0 Å². The highest BCUT2D eigenvalue weighted by Crippen LogP contribution is 2.28. The van der Waals surface area contributed by atoms with Crippen molar-refractivity contribution < 1.29 is 19.1 Å². The quantitative estimate of drug-likeness (QED) is 0.520. The lowest BCUT2D eigenvalue weighted by atomic mass is 10.1. The van der Waals surface area contributed by atoms with E-state index in [-0.39, 0.29) is 42.6 Å². The molecule has 0 bridgehead atoms. The molecule has 1 atom stereocenters. The minimum absolute atomic E-state index is 0.0589. The molecule has 136 valence electrons. The van der Waals surface area contributed by atoms with Crippen molar-refractivity contribution in [3.8, 4) is 0 Å². The molecule has 1 aliphatic heterocycles. The lowest BCUT2D eigenvalue weighted by molar-refractivity contribution is -0.130. The average Bonchev–Trinajstić information content (AvgIpc) is 2.78. The van der Waals surface area contributed by atoms with E-state index in [1.54, 1.807) is 7.11 Å². The summed E-state index contributed by atoms with van der Waals surface area (Å²) in [5, 5.41) is 5.29. The standard InChI is InChI=1S/C17H29N3O4/c1-24-9-8-18-15(21)11-19-17(23)13-10-16(22)20(12-13)14-6-4-2-3-5-7-14/h13-14H,2-12H2,1H3,(H,18,21)(H,19,23)/t13-/m0/s1. The van der Waals surface area contributed by atoms with E-state index >= 15 is 0 Å². The van der Waals surface area contributed by atoms with E-state index in [9.17, 15) is 14.4 Å². The van der Waals surface area contributed by atoms with Crippen molar-refractivity contribution in [1.29, 1.82) is 0 Å². The number of nitrogens with one attached hydrogen (secondary N) is 2. The molecule has 7 heteroatoms. The number of likely N-dealkylation sites (tertiary alicyclic amines) is 1. The predicted molar refractivity (Wildman–Crippen MR) is 89.2 cm³/mol. The summed E-state index contributed by atoms with van der Waals surface area (Å²) in [4.78, 5) is 38.0. The molecule has 0 unspecified atom stereocenters. The molecule has 3 amide bonds. The number of hydrogen-bond donors (Lipinski definition) is 2. The average molecular weight is 339 g/mol. The Balaban J connectivity index is 1.75. The number of ether oxygens (including phenoxy) is 1. The van der Waals surface area contributed by atoms with Gasteiger partial charge in [-0.3, -0.25) is 14.4 Å². The summed E-state index contributed by atoms with van der Waals surface area (Å²) >= 11 is 0. The maximum atomic E-state index is 12.3. The fourth-order valence-electron chi connectivity index (χ4n) is 3.50. The molecule has 2 aliphatic rings. The first-order chi connectivity index (χ1) is 11.6. The number of carbonyl (C=O) groups is 3. The van der Waals surface area contributed by atoms with E-state index in [2.05, 4.69) is 10.6 Å². The number of hydrogen-bond acceptors (Lipinski definition) is 4. The first-order valence-corrected chi connectivity index (χ1v) is 8.94. The highest BCUT2D eigenvalue weighted by atomic mass is 16.5. The molecular weight excluding hydrogens is 310 g/mol. The van der Waals surface area contributed by atoms with Gasteiger partial charge in [0.25, 0.3) is 0 Å². The normalized spacial score (nSPS) is 22.3. The zero-order valence-electron chi connectivity index (χ0n) is 14.5. The SMILES string of the molecule is COCCNC(=O)CNC(=O)[C@H]1CC(=O)N(C2CCCCCC2)C1. The van der Waals surface area contributed by atoms with E-state index < -0.39 is 0 Å². The Bertz CT molecular complexity index is 447. The summed E-state index contributed by atoms with van der Waals surface area (Å²) in [6, 6.07) is 0.287. The Morgan fingerprint density at radius 1 is 1.17 bits per heavy atom. The fraction of sp³-hybridized carbons (Fsp3) is 0.824. The van der Waals surface area contributed by atoms with Gasteiger partial charge >= 0.3 is 0 Å². The molecule has 1 saturated carbocycles. The van der Waals surface area contributed by atoms with Crippen molar-refractivity contribution >= 4 is 17.7 Å². The van der Waals surface area contributed by atoms with Crippen LogP contribution in [0.15, 0.2) is 0 Å². The van der Waals surface area contributed by atoms with Gasteiger partial charge < -0.3 is 20.3 Å². The fourth-order valence-corrected chi connectivity index (χ4v) is 3.50. The van der Waals surface area contributed by atoms with E-state index in [0.29, 0.717) is 19.7 Å². The Morgan fingerprint density at radius 3 is 2.54 bits per heavy atom. The third-order valence-electron chi connectivity index (χ3n) is 4.85. The summed E-state index contributed by atoms with van der Waals surface area (Å²) in [6.45, 7) is 1.28. The second-order valence-electron chi connectivity index (χ2n) is 6.65. The predicted octanol–water partition coefficient (Wildman–Crippen LogP) is 0.437. The molecular formula is C17H29N3O4. The molecule has 0 aromatic carbocycles. The number of nitrogens with zero attached hydrogens (tertiary/aromatic N) is 1. The molecule has 2 fully saturated rings. The van der Waals surface area contributed by atoms with E-state index in [4.69, 9.17) is 4.74 Å². The number of amides is 3.